The summed E-state index contributed by atoms with van der Waals surface area (Å²) in [6.45, 7) is 11.4. The Bertz CT molecular complexity index is 612. The second-order valence-electron chi connectivity index (χ2n) is 13.1. The molecular formula is C27H48O3. The molecule has 4 fully saturated rings. The van der Waals surface area contributed by atoms with Crippen molar-refractivity contribution in [1.29, 1.82) is 0 Å². The highest BCUT2D eigenvalue weighted by Crippen LogP contribution is 2.68. The summed E-state index contributed by atoms with van der Waals surface area (Å²) in [6, 6.07) is 0. The standard InChI is InChI=1S/C27H48O3/c1-17(7-6-14-25(2,3)30)19-10-11-20-18-8-9-22-24(29)23(28)13-16-27(22,5)21(18)12-15-26(19,20)4/h17-24,28-30H,6-16H2,1-5H3/t17-,18+,19-,20+,21+,22+,23+,24-,26-,27-/m1/s1. The van der Waals surface area contributed by atoms with Gasteiger partial charge in [-0.1, -0.05) is 33.6 Å². The van der Waals surface area contributed by atoms with Crippen LogP contribution in [0.3, 0.4) is 0 Å². The van der Waals surface area contributed by atoms with Crippen LogP contribution in [0.1, 0.15) is 105 Å². The number of aliphatic hydroxyl groups excluding tert-OH is 2. The second kappa shape index (κ2) is 8.03. The van der Waals surface area contributed by atoms with Crippen molar-refractivity contribution in [2.24, 2.45) is 46.3 Å². The lowest BCUT2D eigenvalue weighted by atomic mass is 9.44. The van der Waals surface area contributed by atoms with Crippen molar-refractivity contribution in [3.63, 3.8) is 0 Å². The SMILES string of the molecule is C[C@H](CCCC(C)(C)O)[C@H]1CC[C@H]2[C@@H]3CC[C@H]4[C@@H](O)[C@@H](O)CC[C@]4(C)[C@H]3CC[C@]12C. The van der Waals surface area contributed by atoms with Crippen molar-refractivity contribution < 1.29 is 15.3 Å². The van der Waals surface area contributed by atoms with Gasteiger partial charge in [0.1, 0.15) is 0 Å². The smallest absolute Gasteiger partial charge is 0.0832 e. The van der Waals surface area contributed by atoms with Crippen molar-refractivity contribution in [3.8, 4) is 0 Å². The van der Waals surface area contributed by atoms with Crippen molar-refractivity contribution in [2.75, 3.05) is 0 Å². The molecular weight excluding hydrogens is 372 g/mol. The topological polar surface area (TPSA) is 60.7 Å². The summed E-state index contributed by atoms with van der Waals surface area (Å²) in [7, 11) is 0. The van der Waals surface area contributed by atoms with Crippen molar-refractivity contribution in [1.82, 2.24) is 0 Å². The molecule has 0 radical (unpaired) electrons. The van der Waals surface area contributed by atoms with Gasteiger partial charge in [0.05, 0.1) is 17.8 Å². The van der Waals surface area contributed by atoms with Gasteiger partial charge in [0, 0.05) is 0 Å². The summed E-state index contributed by atoms with van der Waals surface area (Å²) in [6.07, 6.45) is 12.0. The summed E-state index contributed by atoms with van der Waals surface area (Å²) in [5.41, 5.74) is 0.163. The van der Waals surface area contributed by atoms with E-state index in [1.54, 1.807) is 0 Å². The molecule has 0 spiro atoms. The third-order valence-corrected chi connectivity index (χ3v) is 10.9. The predicted octanol–water partition coefficient (Wildman–Crippen LogP) is 5.55. The molecule has 0 aromatic rings. The Labute approximate surface area is 185 Å². The molecule has 4 rings (SSSR count). The molecule has 3 N–H and O–H groups in total. The number of fused-ring (bicyclic) bond motifs is 5. The maximum Gasteiger partial charge on any atom is 0.0832 e. The third-order valence-electron chi connectivity index (χ3n) is 10.9. The average molecular weight is 421 g/mol. The zero-order valence-electron chi connectivity index (χ0n) is 20.2. The van der Waals surface area contributed by atoms with Crippen LogP contribution in [0.4, 0.5) is 0 Å². The van der Waals surface area contributed by atoms with Crippen LogP contribution in [0, 0.1) is 46.3 Å². The molecule has 174 valence electrons. The van der Waals surface area contributed by atoms with E-state index in [-0.39, 0.29) is 5.41 Å². The van der Waals surface area contributed by atoms with Crippen LogP contribution in [-0.2, 0) is 0 Å². The van der Waals surface area contributed by atoms with Gasteiger partial charge in [0.15, 0.2) is 0 Å². The Morgan fingerprint density at radius 3 is 2.20 bits per heavy atom. The Kier molecular flexibility index (Phi) is 6.17. The van der Waals surface area contributed by atoms with Crippen molar-refractivity contribution >= 4 is 0 Å². The van der Waals surface area contributed by atoms with Crippen molar-refractivity contribution in [2.45, 2.75) is 123 Å². The minimum atomic E-state index is -0.536. The molecule has 0 aromatic heterocycles. The van der Waals surface area contributed by atoms with E-state index < -0.39 is 17.8 Å². The third kappa shape index (κ3) is 3.79. The fraction of sp³-hybridized carbons (Fsp3) is 1.00. The van der Waals surface area contributed by atoms with Gasteiger partial charge in [0.2, 0.25) is 0 Å². The summed E-state index contributed by atoms with van der Waals surface area (Å²) >= 11 is 0. The van der Waals surface area contributed by atoms with E-state index in [0.717, 1.165) is 61.7 Å². The zero-order chi connectivity index (χ0) is 21.9. The molecule has 0 aromatic carbocycles. The summed E-state index contributed by atoms with van der Waals surface area (Å²) in [5, 5.41) is 31.1. The first kappa shape index (κ1) is 23.1. The molecule has 0 bridgehead atoms. The monoisotopic (exact) mass is 420 g/mol. The Morgan fingerprint density at radius 1 is 0.867 bits per heavy atom. The van der Waals surface area contributed by atoms with Gasteiger partial charge in [-0.15, -0.1) is 0 Å². The normalized spacial score (nSPS) is 49.8. The lowest BCUT2D eigenvalue weighted by Crippen LogP contribution is -2.58. The summed E-state index contributed by atoms with van der Waals surface area (Å²) in [5.74, 6) is 4.28. The van der Waals surface area contributed by atoms with E-state index in [1.165, 1.54) is 38.5 Å². The van der Waals surface area contributed by atoms with Crippen LogP contribution in [0.5, 0.6) is 0 Å². The highest BCUT2D eigenvalue weighted by atomic mass is 16.3. The number of aliphatic hydroxyl groups is 3. The largest absolute Gasteiger partial charge is 0.390 e. The lowest BCUT2D eigenvalue weighted by molar-refractivity contribution is -0.174. The lowest BCUT2D eigenvalue weighted by Gasteiger charge is -2.62. The number of hydrogen-bond acceptors (Lipinski definition) is 3. The number of hydrogen-bond donors (Lipinski definition) is 3. The predicted molar refractivity (Wildman–Crippen MR) is 122 cm³/mol. The first-order valence-corrected chi connectivity index (χ1v) is 13.1. The first-order chi connectivity index (χ1) is 14.0. The van der Waals surface area contributed by atoms with E-state index in [9.17, 15) is 15.3 Å². The van der Waals surface area contributed by atoms with Gasteiger partial charge >= 0.3 is 0 Å². The molecule has 0 amide bonds. The molecule has 4 saturated carbocycles. The van der Waals surface area contributed by atoms with E-state index in [1.807, 2.05) is 13.8 Å². The van der Waals surface area contributed by atoms with Crippen LogP contribution in [-0.4, -0.2) is 33.1 Å². The maximum atomic E-state index is 10.8. The minimum absolute atomic E-state index is 0.222. The van der Waals surface area contributed by atoms with Crippen LogP contribution >= 0.6 is 0 Å². The highest BCUT2D eigenvalue weighted by Gasteiger charge is 2.61. The Hall–Kier alpha value is -0.120. The van der Waals surface area contributed by atoms with Gasteiger partial charge in [-0.05, 0) is 118 Å². The van der Waals surface area contributed by atoms with E-state index in [4.69, 9.17) is 0 Å². The maximum absolute atomic E-state index is 10.8. The minimum Gasteiger partial charge on any atom is -0.390 e. The molecule has 3 heteroatoms. The van der Waals surface area contributed by atoms with E-state index in [2.05, 4.69) is 20.8 Å². The van der Waals surface area contributed by atoms with Gasteiger partial charge in [0.25, 0.3) is 0 Å². The Morgan fingerprint density at radius 2 is 1.50 bits per heavy atom. The van der Waals surface area contributed by atoms with Crippen molar-refractivity contribution in [3.05, 3.63) is 0 Å². The quantitative estimate of drug-likeness (QED) is 0.546. The zero-order valence-corrected chi connectivity index (χ0v) is 20.2. The van der Waals surface area contributed by atoms with E-state index in [0.29, 0.717) is 11.3 Å². The Balaban J connectivity index is 1.46. The fourth-order valence-corrected chi connectivity index (χ4v) is 9.35. The molecule has 10 atom stereocenters. The van der Waals surface area contributed by atoms with Gasteiger partial charge in [-0.25, -0.2) is 0 Å². The molecule has 0 heterocycles. The molecule has 0 saturated heterocycles. The van der Waals surface area contributed by atoms with E-state index >= 15 is 0 Å². The molecule has 0 aliphatic heterocycles. The molecule has 0 unspecified atom stereocenters. The summed E-state index contributed by atoms with van der Waals surface area (Å²) in [4.78, 5) is 0. The van der Waals surface area contributed by atoms with Gasteiger partial charge < -0.3 is 15.3 Å². The highest BCUT2D eigenvalue weighted by molar-refractivity contribution is 5.11. The molecule has 4 aliphatic rings. The molecule has 3 nitrogen and oxygen atoms in total. The van der Waals surface area contributed by atoms with Crippen LogP contribution in [0.2, 0.25) is 0 Å². The molecule has 30 heavy (non-hydrogen) atoms. The van der Waals surface area contributed by atoms with Crippen LogP contribution < -0.4 is 0 Å². The van der Waals surface area contributed by atoms with Gasteiger partial charge in [-0.3, -0.25) is 0 Å². The first-order valence-electron chi connectivity index (χ1n) is 13.1. The molecule has 4 aliphatic carbocycles. The fourth-order valence-electron chi connectivity index (χ4n) is 9.35. The van der Waals surface area contributed by atoms with Crippen LogP contribution in [0.15, 0.2) is 0 Å². The average Bonchev–Trinajstić information content (AvgIpc) is 3.01. The summed E-state index contributed by atoms with van der Waals surface area (Å²) < 4.78 is 0. The van der Waals surface area contributed by atoms with Gasteiger partial charge in [-0.2, -0.15) is 0 Å². The van der Waals surface area contributed by atoms with Crippen LogP contribution in [0.25, 0.3) is 0 Å². The number of rotatable bonds is 5. The second-order valence-corrected chi connectivity index (χ2v) is 13.1.